The lowest BCUT2D eigenvalue weighted by Crippen LogP contribution is -2.34. The predicted molar refractivity (Wildman–Crippen MR) is 80.7 cm³/mol. The summed E-state index contributed by atoms with van der Waals surface area (Å²) in [5, 5.41) is 6.74. The number of rotatable bonds is 5. The number of fused-ring (bicyclic) bond motifs is 1. The SMILES string of the molecule is C[C@H]1CC(NCCN(C)C2CC2)c2ccsc2S1. The second kappa shape index (κ2) is 5.53. The molecule has 3 rings (SSSR count). The fraction of sp³-hybridized carbons (Fsp3) is 0.714. The van der Waals surface area contributed by atoms with E-state index in [0.29, 0.717) is 6.04 Å². The molecule has 1 saturated carbocycles. The molecule has 0 radical (unpaired) electrons. The number of nitrogens with one attached hydrogen (secondary N) is 1. The van der Waals surface area contributed by atoms with Gasteiger partial charge in [0.05, 0.1) is 4.21 Å². The Kier molecular flexibility index (Phi) is 3.99. The first-order chi connectivity index (χ1) is 8.74. The topological polar surface area (TPSA) is 15.3 Å². The minimum Gasteiger partial charge on any atom is -0.309 e. The highest BCUT2D eigenvalue weighted by Crippen LogP contribution is 2.43. The van der Waals surface area contributed by atoms with Crippen molar-refractivity contribution in [2.75, 3.05) is 20.1 Å². The van der Waals surface area contributed by atoms with E-state index in [0.717, 1.165) is 17.8 Å². The van der Waals surface area contributed by atoms with Crippen molar-refractivity contribution in [1.82, 2.24) is 10.2 Å². The molecule has 0 bridgehead atoms. The molecule has 1 unspecified atom stereocenters. The van der Waals surface area contributed by atoms with Gasteiger partial charge >= 0.3 is 0 Å². The van der Waals surface area contributed by atoms with E-state index >= 15 is 0 Å². The molecule has 1 aliphatic carbocycles. The first kappa shape index (κ1) is 13.0. The van der Waals surface area contributed by atoms with E-state index in [1.165, 1.54) is 35.6 Å². The summed E-state index contributed by atoms with van der Waals surface area (Å²) in [4.78, 5) is 2.50. The molecule has 0 amide bonds. The van der Waals surface area contributed by atoms with Gasteiger partial charge in [0, 0.05) is 30.4 Å². The summed E-state index contributed by atoms with van der Waals surface area (Å²) in [5.74, 6) is 0. The Morgan fingerprint density at radius 2 is 2.28 bits per heavy atom. The molecule has 100 valence electrons. The van der Waals surface area contributed by atoms with Gasteiger partial charge in [-0.1, -0.05) is 6.92 Å². The van der Waals surface area contributed by atoms with Crippen LogP contribution in [0.15, 0.2) is 15.7 Å². The summed E-state index contributed by atoms with van der Waals surface area (Å²) in [6.45, 7) is 4.64. The maximum Gasteiger partial charge on any atom is 0.0649 e. The standard InChI is InChI=1S/C14H22N2S2/c1-10-9-13(12-5-8-17-14(12)18-10)15-6-7-16(2)11-3-4-11/h5,8,10-11,13,15H,3-4,6-7,9H2,1-2H3/t10-,13?/m0/s1. The molecule has 2 atom stereocenters. The monoisotopic (exact) mass is 282 g/mol. The van der Waals surface area contributed by atoms with E-state index in [-0.39, 0.29) is 0 Å². The Morgan fingerprint density at radius 3 is 3.06 bits per heavy atom. The van der Waals surface area contributed by atoms with Gasteiger partial charge in [0.2, 0.25) is 0 Å². The smallest absolute Gasteiger partial charge is 0.0649 e. The Bertz CT molecular complexity index is 400. The Balaban J connectivity index is 1.53. The third-order valence-corrected chi connectivity index (χ3v) is 6.28. The number of likely N-dealkylation sites (N-methyl/N-ethyl adjacent to an activating group) is 1. The quantitative estimate of drug-likeness (QED) is 0.891. The average Bonchev–Trinajstić information content (AvgIpc) is 3.08. The number of hydrogen-bond acceptors (Lipinski definition) is 4. The van der Waals surface area contributed by atoms with E-state index in [9.17, 15) is 0 Å². The first-order valence-corrected chi connectivity index (χ1v) is 8.67. The maximum atomic E-state index is 3.76. The van der Waals surface area contributed by atoms with Crippen LogP contribution in [0.5, 0.6) is 0 Å². The van der Waals surface area contributed by atoms with Crippen LogP contribution in [-0.2, 0) is 0 Å². The fourth-order valence-corrected chi connectivity index (χ4v) is 5.22. The average molecular weight is 282 g/mol. The lowest BCUT2D eigenvalue weighted by molar-refractivity contribution is 0.312. The normalized spacial score (nSPS) is 27.5. The third kappa shape index (κ3) is 2.93. The summed E-state index contributed by atoms with van der Waals surface area (Å²) in [6, 6.07) is 3.76. The number of nitrogens with zero attached hydrogens (tertiary/aromatic N) is 1. The highest BCUT2D eigenvalue weighted by atomic mass is 32.2. The van der Waals surface area contributed by atoms with Crippen LogP contribution < -0.4 is 5.32 Å². The minimum atomic E-state index is 0.579. The Morgan fingerprint density at radius 1 is 1.44 bits per heavy atom. The molecule has 18 heavy (non-hydrogen) atoms. The lowest BCUT2D eigenvalue weighted by atomic mass is 10.1. The number of hydrogen-bond donors (Lipinski definition) is 1. The molecule has 2 heterocycles. The van der Waals surface area contributed by atoms with Crippen molar-refractivity contribution in [2.24, 2.45) is 0 Å². The van der Waals surface area contributed by atoms with Crippen molar-refractivity contribution >= 4 is 23.1 Å². The maximum absolute atomic E-state index is 3.76. The van der Waals surface area contributed by atoms with Crippen molar-refractivity contribution in [3.05, 3.63) is 17.0 Å². The Hall–Kier alpha value is -0.0300. The van der Waals surface area contributed by atoms with Crippen LogP contribution in [0.3, 0.4) is 0 Å². The second-order valence-electron chi connectivity index (χ2n) is 5.55. The van der Waals surface area contributed by atoms with Crippen LogP contribution in [0.25, 0.3) is 0 Å². The van der Waals surface area contributed by atoms with Crippen molar-refractivity contribution in [3.8, 4) is 0 Å². The van der Waals surface area contributed by atoms with Gasteiger partial charge in [-0.2, -0.15) is 0 Å². The molecule has 0 saturated heterocycles. The largest absolute Gasteiger partial charge is 0.309 e. The Labute approximate surface area is 118 Å². The van der Waals surface area contributed by atoms with Crippen LogP contribution in [0.1, 0.15) is 37.8 Å². The molecule has 0 aromatic carbocycles. The molecule has 4 heteroatoms. The summed E-state index contributed by atoms with van der Waals surface area (Å²) >= 11 is 3.95. The number of thioether (sulfide) groups is 1. The third-order valence-electron chi connectivity index (χ3n) is 3.94. The predicted octanol–water partition coefficient (Wildman–Crippen LogP) is 3.36. The highest BCUT2D eigenvalue weighted by molar-refractivity contribution is 8.01. The van der Waals surface area contributed by atoms with Crippen molar-refractivity contribution in [3.63, 3.8) is 0 Å². The number of thiophene rings is 1. The molecule has 1 fully saturated rings. The zero-order valence-electron chi connectivity index (χ0n) is 11.2. The van der Waals surface area contributed by atoms with E-state index in [4.69, 9.17) is 0 Å². The van der Waals surface area contributed by atoms with Gasteiger partial charge in [-0.15, -0.1) is 23.1 Å². The molecule has 0 spiro atoms. The van der Waals surface area contributed by atoms with E-state index < -0.39 is 0 Å². The van der Waals surface area contributed by atoms with Crippen LogP contribution in [-0.4, -0.2) is 36.3 Å². The van der Waals surface area contributed by atoms with Gasteiger partial charge in [0.15, 0.2) is 0 Å². The van der Waals surface area contributed by atoms with E-state index in [1.807, 2.05) is 23.1 Å². The summed E-state index contributed by atoms with van der Waals surface area (Å²) in [5.41, 5.74) is 1.54. The fourth-order valence-electron chi connectivity index (χ4n) is 2.66. The molecular formula is C14H22N2S2. The summed E-state index contributed by atoms with van der Waals surface area (Å²) in [7, 11) is 2.26. The molecule has 2 nitrogen and oxygen atoms in total. The zero-order chi connectivity index (χ0) is 12.5. The summed E-state index contributed by atoms with van der Waals surface area (Å²) in [6.07, 6.45) is 4.08. The summed E-state index contributed by atoms with van der Waals surface area (Å²) < 4.78 is 1.53. The van der Waals surface area contributed by atoms with Crippen LogP contribution in [0.2, 0.25) is 0 Å². The molecule has 1 N–H and O–H groups in total. The van der Waals surface area contributed by atoms with Crippen LogP contribution in [0.4, 0.5) is 0 Å². The van der Waals surface area contributed by atoms with Crippen LogP contribution >= 0.6 is 23.1 Å². The van der Waals surface area contributed by atoms with E-state index in [1.54, 1.807) is 0 Å². The van der Waals surface area contributed by atoms with Crippen LogP contribution in [0, 0.1) is 0 Å². The van der Waals surface area contributed by atoms with Crippen molar-refractivity contribution < 1.29 is 0 Å². The van der Waals surface area contributed by atoms with Gasteiger partial charge in [-0.25, -0.2) is 0 Å². The zero-order valence-corrected chi connectivity index (χ0v) is 12.8. The molecule has 1 aromatic heterocycles. The molecule has 1 aliphatic heterocycles. The molecule has 2 aliphatic rings. The lowest BCUT2D eigenvalue weighted by Gasteiger charge is -2.28. The molecule has 1 aromatic rings. The van der Waals surface area contributed by atoms with E-state index in [2.05, 4.69) is 35.6 Å². The van der Waals surface area contributed by atoms with Gasteiger partial charge in [-0.3, -0.25) is 0 Å². The molecular weight excluding hydrogens is 260 g/mol. The van der Waals surface area contributed by atoms with Gasteiger partial charge in [0.25, 0.3) is 0 Å². The van der Waals surface area contributed by atoms with Crippen molar-refractivity contribution in [1.29, 1.82) is 0 Å². The van der Waals surface area contributed by atoms with Gasteiger partial charge in [-0.05, 0) is 43.3 Å². The first-order valence-electron chi connectivity index (χ1n) is 6.91. The van der Waals surface area contributed by atoms with Gasteiger partial charge in [0.1, 0.15) is 0 Å². The van der Waals surface area contributed by atoms with Gasteiger partial charge < -0.3 is 10.2 Å². The highest BCUT2D eigenvalue weighted by Gasteiger charge is 2.27. The van der Waals surface area contributed by atoms with Crippen molar-refractivity contribution in [2.45, 2.75) is 47.7 Å². The minimum absolute atomic E-state index is 0.579. The second-order valence-corrected chi connectivity index (χ2v) is 8.17.